The van der Waals surface area contributed by atoms with Gasteiger partial charge in [0.25, 0.3) is 0 Å². The number of likely N-dealkylation sites (tertiary alicyclic amines) is 1. The van der Waals surface area contributed by atoms with Crippen molar-refractivity contribution >= 4 is 17.5 Å². The molecule has 1 aromatic heterocycles. The third-order valence-electron chi connectivity index (χ3n) is 5.73. The molecule has 0 aliphatic carbocycles. The fraction of sp³-hybridized carbons (Fsp3) is 0.450. The van der Waals surface area contributed by atoms with E-state index in [1.165, 1.54) is 6.33 Å². The highest BCUT2D eigenvalue weighted by Gasteiger charge is 2.44. The van der Waals surface area contributed by atoms with E-state index < -0.39 is 0 Å². The Kier molecular flexibility index (Phi) is 4.59. The first-order valence-electron chi connectivity index (χ1n) is 9.30. The number of methoxy groups -OCH3 is 1. The summed E-state index contributed by atoms with van der Waals surface area (Å²) in [7, 11) is 1.66. The van der Waals surface area contributed by atoms with Gasteiger partial charge in [-0.3, -0.25) is 4.79 Å². The van der Waals surface area contributed by atoms with Crippen molar-refractivity contribution in [1.29, 1.82) is 0 Å². The van der Waals surface area contributed by atoms with Crippen LogP contribution in [-0.2, 0) is 11.3 Å². The normalized spacial score (nSPS) is 18.9. The fourth-order valence-electron chi connectivity index (χ4n) is 4.20. The average Bonchev–Trinajstić information content (AvgIpc) is 2.97. The molecule has 2 aromatic rings. The molecule has 142 valence electrons. The lowest BCUT2D eigenvalue weighted by atomic mass is 9.77. The highest BCUT2D eigenvalue weighted by molar-refractivity contribution is 5.79. The van der Waals surface area contributed by atoms with E-state index in [1.807, 2.05) is 35.2 Å². The van der Waals surface area contributed by atoms with Crippen LogP contribution in [-0.4, -0.2) is 47.5 Å². The van der Waals surface area contributed by atoms with Crippen LogP contribution >= 0.6 is 0 Å². The number of piperidine rings is 1. The number of rotatable bonds is 4. The predicted molar refractivity (Wildman–Crippen MR) is 103 cm³/mol. The maximum atomic E-state index is 12.6. The number of nitrogens with two attached hydrogens (primary N) is 1. The lowest BCUT2D eigenvalue weighted by Crippen LogP contribution is -2.42. The van der Waals surface area contributed by atoms with E-state index in [9.17, 15) is 4.79 Å². The second-order valence-corrected chi connectivity index (χ2v) is 7.57. The van der Waals surface area contributed by atoms with E-state index in [2.05, 4.69) is 14.9 Å². The number of carbonyl (C=O) groups is 1. The van der Waals surface area contributed by atoms with Gasteiger partial charge in [-0.15, -0.1) is 0 Å². The molecule has 27 heavy (non-hydrogen) atoms. The third-order valence-corrected chi connectivity index (χ3v) is 5.73. The fourth-order valence-corrected chi connectivity index (χ4v) is 4.20. The second-order valence-electron chi connectivity index (χ2n) is 7.57. The molecule has 7 heteroatoms. The average molecular weight is 367 g/mol. The maximum Gasteiger partial charge on any atom is 0.223 e. The van der Waals surface area contributed by atoms with Crippen LogP contribution in [0.3, 0.4) is 0 Å². The first kappa shape index (κ1) is 17.6. The lowest BCUT2D eigenvalue weighted by molar-refractivity contribution is -0.128. The van der Waals surface area contributed by atoms with Crippen molar-refractivity contribution < 1.29 is 9.53 Å². The van der Waals surface area contributed by atoms with Crippen LogP contribution in [0.4, 0.5) is 11.6 Å². The Bertz CT molecular complexity index is 833. The minimum atomic E-state index is 0.0744. The van der Waals surface area contributed by atoms with Crippen LogP contribution in [0.5, 0.6) is 5.75 Å². The number of nitrogen functional groups attached to an aromatic ring is 1. The number of nitrogens with zero attached hydrogens (tertiary/aromatic N) is 4. The van der Waals surface area contributed by atoms with Crippen molar-refractivity contribution in [3.63, 3.8) is 0 Å². The van der Waals surface area contributed by atoms with Crippen LogP contribution in [0, 0.1) is 5.41 Å². The summed E-state index contributed by atoms with van der Waals surface area (Å²) in [5.74, 6) is 2.43. The van der Waals surface area contributed by atoms with Crippen LogP contribution in [0.1, 0.15) is 24.8 Å². The molecular formula is C20H25N5O2. The number of carbonyl (C=O) groups excluding carboxylic acids is 1. The molecule has 7 nitrogen and oxygen atoms in total. The van der Waals surface area contributed by atoms with Gasteiger partial charge in [0.1, 0.15) is 23.7 Å². The zero-order chi connectivity index (χ0) is 18.9. The summed E-state index contributed by atoms with van der Waals surface area (Å²) in [6, 6.07) is 9.75. The smallest absolute Gasteiger partial charge is 0.223 e. The summed E-state index contributed by atoms with van der Waals surface area (Å²) in [5.41, 5.74) is 6.95. The minimum absolute atomic E-state index is 0.0744. The Hall–Kier alpha value is -2.83. The SMILES string of the molecule is COc1cccc(CN2CC3(CCN(c4cc(N)ncn4)CC3)CC2=O)c1. The van der Waals surface area contributed by atoms with Gasteiger partial charge in [-0.25, -0.2) is 9.97 Å². The van der Waals surface area contributed by atoms with Gasteiger partial charge < -0.3 is 20.3 Å². The molecule has 2 saturated heterocycles. The van der Waals surface area contributed by atoms with Crippen molar-refractivity contribution in [3.05, 3.63) is 42.2 Å². The van der Waals surface area contributed by atoms with Gasteiger partial charge in [0.05, 0.1) is 7.11 Å². The van der Waals surface area contributed by atoms with Gasteiger partial charge in [-0.1, -0.05) is 12.1 Å². The van der Waals surface area contributed by atoms with E-state index >= 15 is 0 Å². The molecule has 0 atom stereocenters. The number of hydrogen-bond acceptors (Lipinski definition) is 6. The zero-order valence-electron chi connectivity index (χ0n) is 15.6. The summed E-state index contributed by atoms with van der Waals surface area (Å²) in [4.78, 5) is 25.2. The topological polar surface area (TPSA) is 84.6 Å². The molecule has 0 unspecified atom stereocenters. The molecule has 0 saturated carbocycles. The molecule has 2 aliphatic rings. The molecule has 3 heterocycles. The van der Waals surface area contributed by atoms with Crippen molar-refractivity contribution in [1.82, 2.24) is 14.9 Å². The van der Waals surface area contributed by atoms with Gasteiger partial charge in [-0.05, 0) is 30.5 Å². The summed E-state index contributed by atoms with van der Waals surface area (Å²) in [6.07, 6.45) is 4.11. The van der Waals surface area contributed by atoms with Crippen LogP contribution in [0.25, 0.3) is 0 Å². The molecule has 4 rings (SSSR count). The number of aromatic nitrogens is 2. The molecule has 1 amide bonds. The van der Waals surface area contributed by atoms with Crippen LogP contribution in [0.15, 0.2) is 36.7 Å². The predicted octanol–water partition coefficient (Wildman–Crippen LogP) is 2.09. The molecule has 2 fully saturated rings. The molecule has 0 bridgehead atoms. The van der Waals surface area contributed by atoms with E-state index in [1.54, 1.807) is 7.11 Å². The Morgan fingerprint density at radius 1 is 1.22 bits per heavy atom. The van der Waals surface area contributed by atoms with Crippen LogP contribution in [0.2, 0.25) is 0 Å². The van der Waals surface area contributed by atoms with Crippen molar-refractivity contribution in [2.45, 2.75) is 25.8 Å². The van der Waals surface area contributed by atoms with Gasteiger partial charge in [0.2, 0.25) is 5.91 Å². The van der Waals surface area contributed by atoms with Gasteiger partial charge in [0.15, 0.2) is 0 Å². The molecule has 1 aromatic carbocycles. The first-order chi connectivity index (χ1) is 13.1. The first-order valence-corrected chi connectivity index (χ1v) is 9.30. The standard InChI is InChI=1S/C20H25N5O2/c1-27-16-4-2-3-15(9-16)12-25-13-20(11-19(25)26)5-7-24(8-6-20)18-10-17(21)22-14-23-18/h2-4,9-10,14H,5-8,11-13H2,1H3,(H2,21,22,23). The lowest BCUT2D eigenvalue weighted by Gasteiger charge is -2.39. The van der Waals surface area contributed by atoms with E-state index in [4.69, 9.17) is 10.5 Å². The number of benzene rings is 1. The highest BCUT2D eigenvalue weighted by Crippen LogP contribution is 2.42. The summed E-state index contributed by atoms with van der Waals surface area (Å²) < 4.78 is 5.29. The Morgan fingerprint density at radius 2 is 2.04 bits per heavy atom. The minimum Gasteiger partial charge on any atom is -0.497 e. The summed E-state index contributed by atoms with van der Waals surface area (Å²) in [6.45, 7) is 3.24. The third kappa shape index (κ3) is 3.67. The molecule has 1 spiro atoms. The summed E-state index contributed by atoms with van der Waals surface area (Å²) >= 11 is 0. The number of amides is 1. The monoisotopic (exact) mass is 367 g/mol. The molecular weight excluding hydrogens is 342 g/mol. The molecule has 2 aliphatic heterocycles. The Labute approximate surface area is 159 Å². The van der Waals surface area contributed by atoms with Crippen molar-refractivity contribution in [3.8, 4) is 5.75 Å². The largest absolute Gasteiger partial charge is 0.497 e. The zero-order valence-corrected chi connectivity index (χ0v) is 15.6. The van der Waals surface area contributed by atoms with E-state index in [-0.39, 0.29) is 11.3 Å². The number of ether oxygens (including phenoxy) is 1. The summed E-state index contributed by atoms with van der Waals surface area (Å²) in [5, 5.41) is 0. The molecule has 2 N–H and O–H groups in total. The Balaban J connectivity index is 1.40. The van der Waals surface area contributed by atoms with Crippen LogP contribution < -0.4 is 15.4 Å². The van der Waals surface area contributed by atoms with Gasteiger partial charge >= 0.3 is 0 Å². The van der Waals surface area contributed by atoms with Crippen molar-refractivity contribution in [2.24, 2.45) is 5.41 Å². The van der Waals surface area contributed by atoms with Gasteiger partial charge in [-0.2, -0.15) is 0 Å². The number of anilines is 2. The molecule has 0 radical (unpaired) electrons. The maximum absolute atomic E-state index is 12.6. The van der Waals surface area contributed by atoms with Gasteiger partial charge in [0, 0.05) is 44.1 Å². The van der Waals surface area contributed by atoms with Crippen molar-refractivity contribution in [2.75, 3.05) is 37.4 Å². The number of hydrogen-bond donors (Lipinski definition) is 1. The second kappa shape index (κ2) is 7.06. The van der Waals surface area contributed by atoms with E-state index in [0.29, 0.717) is 18.8 Å². The quantitative estimate of drug-likeness (QED) is 0.891. The van der Waals surface area contributed by atoms with E-state index in [0.717, 1.165) is 49.6 Å². The Morgan fingerprint density at radius 3 is 2.78 bits per heavy atom. The highest BCUT2D eigenvalue weighted by atomic mass is 16.5.